The average Bonchev–Trinajstić information content (AvgIpc) is 2.64. The van der Waals surface area contributed by atoms with Gasteiger partial charge < -0.3 is 9.47 Å². The van der Waals surface area contributed by atoms with Gasteiger partial charge in [0.25, 0.3) is 0 Å². The Balaban J connectivity index is 2.32. The molecule has 0 saturated heterocycles. The van der Waals surface area contributed by atoms with Gasteiger partial charge in [-0.2, -0.15) is 13.2 Å². The van der Waals surface area contributed by atoms with E-state index in [2.05, 4.69) is 0 Å². The summed E-state index contributed by atoms with van der Waals surface area (Å²) in [7, 11) is 0. The molecule has 0 heterocycles. The molecule has 168 valence electrons. The molecular weight excluding hydrogens is 409 g/mol. The monoisotopic (exact) mass is 436 g/mol. The van der Waals surface area contributed by atoms with Crippen molar-refractivity contribution in [3.63, 3.8) is 0 Å². The Kier molecular flexibility index (Phi) is 7.19. The van der Waals surface area contributed by atoms with Crippen molar-refractivity contribution in [3.05, 3.63) is 65.2 Å². The van der Waals surface area contributed by atoms with Crippen LogP contribution in [0.3, 0.4) is 0 Å². The molecule has 0 aromatic heterocycles. The number of esters is 2. The fourth-order valence-corrected chi connectivity index (χ4v) is 3.39. The van der Waals surface area contributed by atoms with Crippen molar-refractivity contribution in [3.8, 4) is 5.75 Å². The summed E-state index contributed by atoms with van der Waals surface area (Å²) in [5, 5.41) is 0. The van der Waals surface area contributed by atoms with Crippen LogP contribution in [0.25, 0.3) is 0 Å². The molecule has 0 aliphatic carbocycles. The number of carbonyl (C=O) groups excluding carboxylic acids is 2. The minimum atomic E-state index is -4.66. The zero-order valence-corrected chi connectivity index (χ0v) is 18.3. The Bertz CT molecular complexity index is 926. The van der Waals surface area contributed by atoms with Crippen molar-refractivity contribution < 1.29 is 32.2 Å². The summed E-state index contributed by atoms with van der Waals surface area (Å²) in [6, 6.07) is 11.2. The highest BCUT2D eigenvalue weighted by atomic mass is 19.4. The zero-order valence-electron chi connectivity index (χ0n) is 18.3. The molecule has 0 N–H and O–H groups in total. The van der Waals surface area contributed by atoms with Crippen molar-refractivity contribution in [1.82, 2.24) is 0 Å². The van der Waals surface area contributed by atoms with Gasteiger partial charge >= 0.3 is 18.1 Å². The lowest BCUT2D eigenvalue weighted by molar-refractivity contribution is -0.146. The molecule has 0 saturated carbocycles. The predicted molar refractivity (Wildman–Crippen MR) is 110 cm³/mol. The molecule has 0 aliphatic heterocycles. The molecule has 7 heteroatoms. The van der Waals surface area contributed by atoms with E-state index in [1.165, 1.54) is 0 Å². The van der Waals surface area contributed by atoms with E-state index < -0.39 is 34.8 Å². The van der Waals surface area contributed by atoms with Gasteiger partial charge in [0.05, 0.1) is 11.0 Å². The molecule has 2 aromatic carbocycles. The van der Waals surface area contributed by atoms with Crippen molar-refractivity contribution in [2.45, 2.75) is 53.8 Å². The third-order valence-corrected chi connectivity index (χ3v) is 4.47. The quantitative estimate of drug-likeness (QED) is 0.387. The Morgan fingerprint density at radius 2 is 1.52 bits per heavy atom. The van der Waals surface area contributed by atoms with Gasteiger partial charge in [0, 0.05) is 0 Å². The second-order valence-corrected chi connectivity index (χ2v) is 9.28. The Hall–Kier alpha value is -2.83. The molecule has 0 fully saturated rings. The van der Waals surface area contributed by atoms with E-state index in [9.17, 15) is 22.8 Å². The molecule has 0 bridgehead atoms. The van der Waals surface area contributed by atoms with Crippen LogP contribution in [-0.2, 0) is 22.3 Å². The summed E-state index contributed by atoms with van der Waals surface area (Å²) in [5.41, 5.74) is -1.74. The molecule has 0 radical (unpaired) electrons. The minimum Gasteiger partial charge on any atom is -0.457 e. The van der Waals surface area contributed by atoms with Crippen LogP contribution in [0.2, 0.25) is 0 Å². The molecule has 0 spiro atoms. The van der Waals surface area contributed by atoms with Crippen LogP contribution in [-0.4, -0.2) is 11.9 Å². The van der Waals surface area contributed by atoms with E-state index in [1.807, 2.05) is 20.8 Å². The van der Waals surface area contributed by atoms with Gasteiger partial charge in [0.1, 0.15) is 17.9 Å². The third-order valence-electron chi connectivity index (χ3n) is 4.47. The Morgan fingerprint density at radius 1 is 0.903 bits per heavy atom. The van der Waals surface area contributed by atoms with E-state index in [-0.39, 0.29) is 17.6 Å². The van der Waals surface area contributed by atoms with Crippen LogP contribution in [0.1, 0.15) is 62.5 Å². The summed E-state index contributed by atoms with van der Waals surface area (Å²) in [6.07, 6.45) is -4.22. The van der Waals surface area contributed by atoms with Crippen LogP contribution < -0.4 is 4.74 Å². The number of halogens is 3. The largest absolute Gasteiger partial charge is 0.457 e. The van der Waals surface area contributed by atoms with E-state index in [0.717, 1.165) is 12.1 Å². The molecule has 0 aliphatic rings. The number of hydrogen-bond acceptors (Lipinski definition) is 4. The highest BCUT2D eigenvalue weighted by Gasteiger charge is 2.37. The van der Waals surface area contributed by atoms with E-state index in [0.29, 0.717) is 18.1 Å². The predicted octanol–water partition coefficient (Wildman–Crippen LogP) is 6.43. The van der Waals surface area contributed by atoms with Gasteiger partial charge in [0.15, 0.2) is 0 Å². The maximum Gasteiger partial charge on any atom is 0.416 e. The molecule has 2 rings (SSSR count). The van der Waals surface area contributed by atoms with Crippen LogP contribution in [0.15, 0.2) is 48.5 Å². The number of benzene rings is 2. The normalized spacial score (nSPS) is 12.4. The van der Waals surface area contributed by atoms with Gasteiger partial charge in [-0.25, -0.2) is 4.79 Å². The molecule has 2 aromatic rings. The highest BCUT2D eigenvalue weighted by molar-refractivity contribution is 5.94. The third kappa shape index (κ3) is 7.12. The molecule has 0 amide bonds. The minimum absolute atomic E-state index is 0.0659. The topological polar surface area (TPSA) is 52.6 Å². The first-order valence-corrected chi connectivity index (χ1v) is 9.84. The van der Waals surface area contributed by atoms with Crippen LogP contribution >= 0.6 is 0 Å². The number of ether oxygens (including phenoxy) is 2. The highest BCUT2D eigenvalue weighted by Crippen LogP contribution is 2.37. The second-order valence-electron chi connectivity index (χ2n) is 9.28. The van der Waals surface area contributed by atoms with Gasteiger partial charge in [-0.05, 0) is 49.4 Å². The number of rotatable bonds is 6. The van der Waals surface area contributed by atoms with E-state index in [4.69, 9.17) is 9.47 Å². The van der Waals surface area contributed by atoms with Crippen molar-refractivity contribution in [2.24, 2.45) is 10.8 Å². The lowest BCUT2D eigenvalue weighted by Crippen LogP contribution is -2.33. The van der Waals surface area contributed by atoms with Crippen molar-refractivity contribution in [2.75, 3.05) is 0 Å². The maximum absolute atomic E-state index is 13.2. The van der Waals surface area contributed by atoms with Crippen molar-refractivity contribution >= 4 is 11.9 Å². The maximum atomic E-state index is 13.2. The summed E-state index contributed by atoms with van der Waals surface area (Å²) in [6.45, 7) is 9.07. The lowest BCUT2D eigenvalue weighted by Gasteiger charge is -2.30. The average molecular weight is 436 g/mol. The van der Waals surface area contributed by atoms with Gasteiger partial charge in [-0.3, -0.25) is 4.79 Å². The first-order valence-electron chi connectivity index (χ1n) is 9.84. The van der Waals surface area contributed by atoms with Crippen LogP contribution in [0.5, 0.6) is 5.75 Å². The first kappa shape index (κ1) is 24.4. The van der Waals surface area contributed by atoms with E-state index >= 15 is 0 Å². The number of carbonyl (C=O) groups is 2. The van der Waals surface area contributed by atoms with Gasteiger partial charge in [-0.1, -0.05) is 51.1 Å². The summed E-state index contributed by atoms with van der Waals surface area (Å²) >= 11 is 0. The molecule has 31 heavy (non-hydrogen) atoms. The van der Waals surface area contributed by atoms with Crippen LogP contribution in [0.4, 0.5) is 13.2 Å². The van der Waals surface area contributed by atoms with Crippen molar-refractivity contribution in [1.29, 1.82) is 0 Å². The second kappa shape index (κ2) is 9.12. The SMILES string of the molecule is CC(C)(C)CC(C)(C)C(=O)Oc1cc(C(F)(F)F)ccc1C(=O)OCc1ccccc1. The fraction of sp³-hybridized carbons (Fsp3) is 0.417. The van der Waals surface area contributed by atoms with Gasteiger partial charge in [-0.15, -0.1) is 0 Å². The Morgan fingerprint density at radius 3 is 2.06 bits per heavy atom. The molecule has 4 nitrogen and oxygen atoms in total. The summed E-state index contributed by atoms with van der Waals surface area (Å²) in [5.74, 6) is -2.08. The standard InChI is InChI=1S/C24H27F3O4/c1-22(2,3)15-23(4,5)21(29)31-19-13-17(24(25,26)27)11-12-18(19)20(28)30-14-16-9-7-6-8-10-16/h6-13H,14-15H2,1-5H3. The molecular formula is C24H27F3O4. The van der Waals surface area contributed by atoms with Gasteiger partial charge in [0.2, 0.25) is 0 Å². The zero-order chi connectivity index (χ0) is 23.4. The fourth-order valence-electron chi connectivity index (χ4n) is 3.39. The number of hydrogen-bond donors (Lipinski definition) is 0. The molecule has 0 atom stereocenters. The molecule has 0 unspecified atom stereocenters. The summed E-state index contributed by atoms with van der Waals surface area (Å²) in [4.78, 5) is 25.3. The smallest absolute Gasteiger partial charge is 0.416 e. The van der Waals surface area contributed by atoms with Crippen LogP contribution in [0, 0.1) is 10.8 Å². The summed E-state index contributed by atoms with van der Waals surface area (Å²) < 4.78 is 50.2. The Labute approximate surface area is 180 Å². The first-order chi connectivity index (χ1) is 14.2. The lowest BCUT2D eigenvalue weighted by atomic mass is 9.76. The number of alkyl halides is 3. The van der Waals surface area contributed by atoms with E-state index in [1.54, 1.807) is 44.2 Å².